The molecular weight excluding hydrogens is 901 g/mol. The molecule has 3 aromatic carbocycles. The Labute approximate surface area is 400 Å². The second kappa shape index (κ2) is 16.9. The number of hydrogen-bond donors (Lipinski definition) is 4. The predicted octanol–water partition coefficient (Wildman–Crippen LogP) is 7.54. The number of likely N-dealkylation sites (tertiary alicyclic amines) is 1. The molecule has 3 saturated heterocycles. The molecule has 18 heteroatoms. The molecule has 5 fully saturated rings. The summed E-state index contributed by atoms with van der Waals surface area (Å²) < 4.78 is 49.3. The third-order valence-corrected chi connectivity index (χ3v) is 17.5. The van der Waals surface area contributed by atoms with Crippen molar-refractivity contribution in [2.45, 2.75) is 112 Å². The Morgan fingerprint density at radius 1 is 0.986 bits per heavy atom. The molecule has 2 aromatic heterocycles. The second-order valence-corrected chi connectivity index (χ2v) is 22.5. The van der Waals surface area contributed by atoms with Crippen molar-refractivity contribution in [3.8, 4) is 11.6 Å². The number of benzene rings is 3. The monoisotopic (exact) mass is 958 g/mol. The Morgan fingerprint density at radius 2 is 1.80 bits per heavy atom. The minimum absolute atomic E-state index is 0.0109. The first-order valence-corrected chi connectivity index (χ1v) is 26.0. The van der Waals surface area contributed by atoms with Crippen LogP contribution in [0.2, 0.25) is 0 Å². The normalized spacial score (nSPS) is 26.3. The molecule has 69 heavy (non-hydrogen) atoms. The average molecular weight is 959 g/mol. The molecule has 0 unspecified atom stereocenters. The van der Waals surface area contributed by atoms with Crippen molar-refractivity contribution in [3.63, 3.8) is 0 Å². The number of rotatable bonds is 10. The predicted molar refractivity (Wildman–Crippen MR) is 259 cm³/mol. The van der Waals surface area contributed by atoms with Gasteiger partial charge in [0.2, 0.25) is 5.88 Å². The molecule has 0 radical (unpaired) electrons. The van der Waals surface area contributed by atoms with Gasteiger partial charge >= 0.3 is 0 Å². The highest BCUT2D eigenvalue weighted by molar-refractivity contribution is 7.90. The van der Waals surface area contributed by atoms with Crippen LogP contribution in [0.15, 0.2) is 77.8 Å². The molecule has 4 N–H and O–H groups in total. The SMILES string of the molecule is CC(C)c1ccccc1[C@@H]1CCCN1C1CC2(C1)CN(c1ccc(C(=O)NS(=O)(=O)c3cc4c(c([N+](=O)[O-])c3)N[C@H](C3CCC(O)CC3)CO4)c(N3c4cc5cc[nH]c5nc4O[C@H]4COC[C@@H]43)c1)C2. The van der Waals surface area contributed by atoms with Gasteiger partial charge in [-0.15, -0.1) is 0 Å². The van der Waals surface area contributed by atoms with E-state index in [0.29, 0.717) is 67.0 Å². The third-order valence-electron chi connectivity index (χ3n) is 16.2. The number of nitro groups is 1. The molecule has 12 rings (SSSR count). The van der Waals surface area contributed by atoms with E-state index in [2.05, 4.69) is 62.9 Å². The van der Waals surface area contributed by atoms with Crippen molar-refractivity contribution in [2.24, 2.45) is 11.3 Å². The van der Waals surface area contributed by atoms with E-state index in [1.807, 2.05) is 29.2 Å². The summed E-state index contributed by atoms with van der Waals surface area (Å²) in [7, 11) is -4.69. The van der Waals surface area contributed by atoms with E-state index >= 15 is 0 Å². The first-order valence-electron chi connectivity index (χ1n) is 24.5. The van der Waals surface area contributed by atoms with Crippen molar-refractivity contribution in [3.05, 3.63) is 99.7 Å². The van der Waals surface area contributed by atoms with Crippen LogP contribution in [0.4, 0.5) is 28.4 Å². The molecule has 1 spiro atoms. The average Bonchev–Trinajstić information content (AvgIpc) is 4.11. The van der Waals surface area contributed by atoms with Gasteiger partial charge in [0, 0.05) is 60.0 Å². The molecule has 4 atom stereocenters. The lowest BCUT2D eigenvalue weighted by molar-refractivity contribution is -0.384. The molecule has 362 valence electrons. The van der Waals surface area contributed by atoms with Gasteiger partial charge in [0.05, 0.1) is 52.5 Å². The number of nitrogens with one attached hydrogen (secondary N) is 3. The Morgan fingerprint density at radius 3 is 2.59 bits per heavy atom. The summed E-state index contributed by atoms with van der Waals surface area (Å²) in [5.74, 6) is 0.0561. The van der Waals surface area contributed by atoms with Crippen LogP contribution in [0.1, 0.15) is 98.7 Å². The van der Waals surface area contributed by atoms with E-state index in [0.717, 1.165) is 62.5 Å². The van der Waals surface area contributed by atoms with E-state index in [9.17, 15) is 28.4 Å². The standard InChI is InChI=1S/C51H58N8O9S/c1-29(2)36-6-3-4-7-37(36)40-8-5-17-57(40)33-22-51(23-33)27-56(28-51)32-11-14-38(41(19-32)58-43-18-31-15-16-52-48(31)54-50(43)68-46-26-66-25-44(46)58)49(61)55-69(64,65)35-20-42(59(62)63)47-45(21-35)67-24-39(53-47)30-9-12-34(60)13-10-30/h3-4,6-7,11,14-16,18-21,29-30,33-34,39-40,44,46,53,60H,5,8-10,12-13,17,22-28H2,1-2H3,(H,52,54)(H,55,61)/t30?,34?,39-,40-,44-,46-/m0/s1. The van der Waals surface area contributed by atoms with Crippen LogP contribution in [0, 0.1) is 21.4 Å². The van der Waals surface area contributed by atoms with E-state index in [1.165, 1.54) is 30.0 Å². The van der Waals surface area contributed by atoms with Crippen LogP contribution in [-0.4, -0.2) is 109 Å². The van der Waals surface area contributed by atoms with Crippen molar-refractivity contribution in [1.29, 1.82) is 0 Å². The Bertz CT molecular complexity index is 2960. The van der Waals surface area contributed by atoms with E-state index < -0.39 is 37.5 Å². The fraction of sp³-hybridized carbons (Fsp3) is 0.490. The first kappa shape index (κ1) is 44.3. The summed E-state index contributed by atoms with van der Waals surface area (Å²) in [6.45, 7) is 8.16. The number of aliphatic hydroxyl groups excluding tert-OH is 1. The van der Waals surface area contributed by atoms with E-state index in [-0.39, 0.29) is 53.1 Å². The zero-order valence-electron chi connectivity index (χ0n) is 38.8. The van der Waals surface area contributed by atoms with Crippen LogP contribution < -0.4 is 29.3 Å². The van der Waals surface area contributed by atoms with Crippen LogP contribution in [0.5, 0.6) is 11.6 Å². The molecule has 17 nitrogen and oxygen atoms in total. The fourth-order valence-electron chi connectivity index (χ4n) is 12.6. The maximum absolute atomic E-state index is 14.7. The van der Waals surface area contributed by atoms with E-state index in [1.54, 1.807) is 12.3 Å². The molecule has 7 heterocycles. The number of aliphatic hydroxyl groups is 1. The largest absolute Gasteiger partial charge is 0.489 e. The van der Waals surface area contributed by atoms with Crippen LogP contribution in [-0.2, 0) is 14.8 Å². The minimum atomic E-state index is -4.69. The molecule has 1 amide bonds. The van der Waals surface area contributed by atoms with Gasteiger partial charge in [0.1, 0.15) is 24.0 Å². The second-order valence-electron chi connectivity index (χ2n) is 20.8. The zero-order valence-corrected chi connectivity index (χ0v) is 39.6. The highest BCUT2D eigenvalue weighted by atomic mass is 32.2. The lowest BCUT2D eigenvalue weighted by atomic mass is 9.60. The van der Waals surface area contributed by atoms with Crippen LogP contribution in [0.3, 0.4) is 0 Å². The number of aromatic amines is 1. The summed E-state index contributed by atoms with van der Waals surface area (Å²) in [6.07, 6.45) is 8.38. The van der Waals surface area contributed by atoms with Gasteiger partial charge in [-0.05, 0) is 111 Å². The van der Waals surface area contributed by atoms with Crippen LogP contribution >= 0.6 is 0 Å². The number of fused-ring (bicyclic) bond motifs is 4. The lowest BCUT2D eigenvalue weighted by Crippen LogP contribution is -2.66. The van der Waals surface area contributed by atoms with Crippen molar-refractivity contribution < 1.29 is 37.5 Å². The number of anilines is 4. The molecule has 0 bridgehead atoms. The number of nitro benzene ring substituents is 1. The van der Waals surface area contributed by atoms with Crippen molar-refractivity contribution in [1.82, 2.24) is 19.6 Å². The molecule has 2 aliphatic carbocycles. The zero-order chi connectivity index (χ0) is 47.3. The van der Waals surface area contributed by atoms with Gasteiger partial charge in [-0.25, -0.2) is 13.1 Å². The van der Waals surface area contributed by atoms with Gasteiger partial charge in [-0.2, -0.15) is 4.98 Å². The number of carbonyl (C=O) groups excluding carboxylic acids is 1. The number of nitrogens with zero attached hydrogens (tertiary/aromatic N) is 5. The maximum Gasteiger partial charge on any atom is 0.297 e. The summed E-state index contributed by atoms with van der Waals surface area (Å²) in [4.78, 5) is 41.1. The topological polar surface area (TPSA) is 205 Å². The van der Waals surface area contributed by atoms with Gasteiger partial charge in [0.25, 0.3) is 21.6 Å². The number of amides is 1. The summed E-state index contributed by atoms with van der Waals surface area (Å²) in [5, 5.41) is 26.6. The number of pyridine rings is 1. The van der Waals surface area contributed by atoms with Gasteiger partial charge in [-0.3, -0.25) is 19.8 Å². The fourth-order valence-corrected chi connectivity index (χ4v) is 13.6. The number of sulfonamides is 1. The smallest absolute Gasteiger partial charge is 0.297 e. The molecule has 5 aromatic rings. The Hall–Kier alpha value is -5.95. The van der Waals surface area contributed by atoms with E-state index in [4.69, 9.17) is 19.2 Å². The van der Waals surface area contributed by atoms with Gasteiger partial charge in [-0.1, -0.05) is 38.1 Å². The third kappa shape index (κ3) is 7.74. The van der Waals surface area contributed by atoms with Gasteiger partial charge in [0.15, 0.2) is 11.4 Å². The molecule has 7 aliphatic rings. The summed E-state index contributed by atoms with van der Waals surface area (Å²) >= 11 is 0. The molecular formula is C51H58N8O9S. The molecule has 2 saturated carbocycles. The summed E-state index contributed by atoms with van der Waals surface area (Å²) in [6, 6.07) is 20.8. The van der Waals surface area contributed by atoms with Gasteiger partial charge < -0.3 is 39.4 Å². The Kier molecular flexibility index (Phi) is 10.8. The maximum atomic E-state index is 14.7. The van der Waals surface area contributed by atoms with Crippen molar-refractivity contribution in [2.75, 3.05) is 54.6 Å². The van der Waals surface area contributed by atoms with Crippen molar-refractivity contribution >= 4 is 55.4 Å². The lowest BCUT2D eigenvalue weighted by Gasteiger charge is -2.62. The first-order chi connectivity index (χ1) is 33.3. The number of ether oxygens (including phenoxy) is 3. The number of hydrogen-bond acceptors (Lipinski definition) is 14. The number of carbonyl (C=O) groups is 1. The highest BCUT2D eigenvalue weighted by Gasteiger charge is 2.55. The molecule has 5 aliphatic heterocycles. The number of H-pyrrole nitrogens is 1. The van der Waals surface area contributed by atoms with Crippen LogP contribution in [0.25, 0.3) is 11.0 Å². The quantitative estimate of drug-likeness (QED) is 0.0789. The summed E-state index contributed by atoms with van der Waals surface area (Å²) in [5.41, 5.74) is 5.42. The Balaban J connectivity index is 0.837. The number of aromatic nitrogens is 2. The minimum Gasteiger partial charge on any atom is -0.489 e. The highest BCUT2D eigenvalue weighted by Crippen LogP contribution is 2.55.